The fourth-order valence-electron chi connectivity index (χ4n) is 1.71. The van der Waals surface area contributed by atoms with E-state index in [2.05, 4.69) is 0 Å². The van der Waals surface area contributed by atoms with E-state index in [-0.39, 0.29) is 16.3 Å². The van der Waals surface area contributed by atoms with Crippen molar-refractivity contribution < 1.29 is 22.4 Å². The van der Waals surface area contributed by atoms with Crippen molar-refractivity contribution in [1.82, 2.24) is 0 Å². The van der Waals surface area contributed by atoms with Crippen LogP contribution in [0.25, 0.3) is 6.08 Å². The Bertz CT molecular complexity index is 905. The molecule has 0 fully saturated rings. The molecule has 0 saturated heterocycles. The summed E-state index contributed by atoms with van der Waals surface area (Å²) in [6, 6.07) is 9.95. The Balaban J connectivity index is 2.21. The lowest BCUT2D eigenvalue weighted by Crippen LogP contribution is -2.10. The van der Waals surface area contributed by atoms with E-state index in [4.69, 9.17) is 4.18 Å². The summed E-state index contributed by atoms with van der Waals surface area (Å²) in [4.78, 5) is 19.2. The van der Waals surface area contributed by atoms with E-state index in [9.17, 15) is 28.6 Å². The van der Waals surface area contributed by atoms with Gasteiger partial charge < -0.3 is 4.18 Å². The standard InChI is InChI=1S/C14H10N2O7S/c17-15(18)9-8-11-4-6-13(7-5-11)23-24(21,22)14-3-1-2-12(10-14)16(19)20/h1-10H/b9-8+. The van der Waals surface area contributed by atoms with Crippen molar-refractivity contribution in [3.63, 3.8) is 0 Å². The summed E-state index contributed by atoms with van der Waals surface area (Å²) in [5.41, 5.74) is 0.103. The summed E-state index contributed by atoms with van der Waals surface area (Å²) in [5, 5.41) is 20.9. The van der Waals surface area contributed by atoms with Gasteiger partial charge in [0, 0.05) is 18.2 Å². The van der Waals surface area contributed by atoms with Gasteiger partial charge in [-0.1, -0.05) is 18.2 Å². The number of non-ortho nitro benzene ring substituents is 1. The van der Waals surface area contributed by atoms with Crippen LogP contribution in [0.2, 0.25) is 0 Å². The third-order valence-electron chi connectivity index (χ3n) is 2.79. The van der Waals surface area contributed by atoms with Crippen molar-refractivity contribution in [3.8, 4) is 5.75 Å². The van der Waals surface area contributed by atoms with Crippen LogP contribution >= 0.6 is 0 Å². The lowest BCUT2D eigenvalue weighted by molar-refractivity contribution is -0.400. The topological polar surface area (TPSA) is 130 Å². The van der Waals surface area contributed by atoms with Crippen molar-refractivity contribution in [2.75, 3.05) is 0 Å². The second kappa shape index (κ2) is 6.87. The van der Waals surface area contributed by atoms with Gasteiger partial charge in [0.15, 0.2) is 0 Å². The lowest BCUT2D eigenvalue weighted by Gasteiger charge is -2.07. The molecule has 124 valence electrons. The van der Waals surface area contributed by atoms with Crippen molar-refractivity contribution in [2.24, 2.45) is 0 Å². The molecule has 0 aliphatic heterocycles. The van der Waals surface area contributed by atoms with Crippen LogP contribution in [0.3, 0.4) is 0 Å². The highest BCUT2D eigenvalue weighted by Crippen LogP contribution is 2.22. The predicted octanol–water partition coefficient (Wildman–Crippen LogP) is 2.61. The molecule has 0 aromatic heterocycles. The average molecular weight is 350 g/mol. The van der Waals surface area contributed by atoms with Crippen LogP contribution in [0.4, 0.5) is 5.69 Å². The summed E-state index contributed by atoms with van der Waals surface area (Å²) >= 11 is 0. The molecule has 0 bridgehead atoms. The number of nitrogens with zero attached hydrogens (tertiary/aromatic N) is 2. The molecular formula is C14H10N2O7S. The highest BCUT2D eigenvalue weighted by Gasteiger charge is 2.19. The van der Waals surface area contributed by atoms with Crippen LogP contribution in [0.15, 0.2) is 59.6 Å². The molecule has 2 aromatic carbocycles. The Morgan fingerprint density at radius 2 is 1.67 bits per heavy atom. The van der Waals surface area contributed by atoms with Gasteiger partial charge in [-0.2, -0.15) is 8.42 Å². The van der Waals surface area contributed by atoms with E-state index in [1.54, 1.807) is 0 Å². The molecule has 0 heterocycles. The molecule has 0 aliphatic rings. The van der Waals surface area contributed by atoms with Crippen LogP contribution in [0.5, 0.6) is 5.75 Å². The highest BCUT2D eigenvalue weighted by atomic mass is 32.2. The Morgan fingerprint density at radius 1 is 1.00 bits per heavy atom. The van der Waals surface area contributed by atoms with E-state index in [0.717, 1.165) is 18.3 Å². The molecule has 2 aromatic rings. The van der Waals surface area contributed by atoms with Crippen LogP contribution in [0, 0.1) is 20.2 Å². The number of hydrogen-bond donors (Lipinski definition) is 0. The lowest BCUT2D eigenvalue weighted by atomic mass is 10.2. The first-order valence-corrected chi connectivity index (χ1v) is 7.79. The van der Waals surface area contributed by atoms with Gasteiger partial charge in [-0.15, -0.1) is 0 Å². The Hall–Kier alpha value is -3.27. The molecule has 0 aliphatic carbocycles. The van der Waals surface area contributed by atoms with Crippen molar-refractivity contribution in [3.05, 3.63) is 80.5 Å². The molecule has 0 N–H and O–H groups in total. The number of nitro benzene ring substituents is 1. The molecule has 0 amide bonds. The first-order chi connectivity index (χ1) is 11.3. The van der Waals surface area contributed by atoms with Crippen LogP contribution in [0.1, 0.15) is 5.56 Å². The quantitative estimate of drug-likeness (QED) is 0.444. The SMILES string of the molecule is O=[N+]([O-])/C=C/c1ccc(OS(=O)(=O)c2cccc([N+](=O)[O-])c2)cc1. The molecule has 0 spiro atoms. The zero-order valence-electron chi connectivity index (χ0n) is 11.9. The third kappa shape index (κ3) is 4.36. The van der Waals surface area contributed by atoms with Gasteiger partial charge in [-0.25, -0.2) is 0 Å². The maximum atomic E-state index is 12.1. The van der Waals surface area contributed by atoms with Gasteiger partial charge in [0.1, 0.15) is 10.6 Å². The zero-order valence-corrected chi connectivity index (χ0v) is 12.8. The second-order valence-electron chi connectivity index (χ2n) is 4.46. The minimum absolute atomic E-state index is 0.0280. The second-order valence-corrected chi connectivity index (χ2v) is 6.01. The van der Waals surface area contributed by atoms with Gasteiger partial charge in [0.05, 0.1) is 9.85 Å². The monoisotopic (exact) mass is 350 g/mol. The molecule has 0 unspecified atom stereocenters. The minimum Gasteiger partial charge on any atom is -0.379 e. The normalized spacial score (nSPS) is 11.3. The Labute approximate surface area is 136 Å². The molecule has 10 heteroatoms. The van der Waals surface area contributed by atoms with E-state index in [1.807, 2.05) is 0 Å². The smallest absolute Gasteiger partial charge is 0.339 e. The van der Waals surface area contributed by atoms with Gasteiger partial charge in [0.2, 0.25) is 6.20 Å². The third-order valence-corrected chi connectivity index (χ3v) is 4.03. The predicted molar refractivity (Wildman–Crippen MR) is 83.4 cm³/mol. The molecule has 24 heavy (non-hydrogen) atoms. The number of nitro groups is 2. The van der Waals surface area contributed by atoms with Gasteiger partial charge >= 0.3 is 10.1 Å². The van der Waals surface area contributed by atoms with E-state index in [1.165, 1.54) is 42.5 Å². The average Bonchev–Trinajstić information content (AvgIpc) is 2.54. The Morgan fingerprint density at radius 3 is 2.25 bits per heavy atom. The maximum Gasteiger partial charge on any atom is 0.339 e. The Kier molecular flexibility index (Phi) is 4.90. The van der Waals surface area contributed by atoms with Crippen LogP contribution in [-0.2, 0) is 10.1 Å². The van der Waals surface area contributed by atoms with Crippen LogP contribution in [-0.4, -0.2) is 18.3 Å². The largest absolute Gasteiger partial charge is 0.379 e. The van der Waals surface area contributed by atoms with Crippen molar-refractivity contribution >= 4 is 21.9 Å². The highest BCUT2D eigenvalue weighted by molar-refractivity contribution is 7.87. The zero-order chi connectivity index (χ0) is 17.7. The van der Waals surface area contributed by atoms with Crippen LogP contribution < -0.4 is 4.18 Å². The summed E-state index contributed by atoms with van der Waals surface area (Å²) in [6.45, 7) is 0. The molecule has 0 saturated carbocycles. The number of benzene rings is 2. The fourth-order valence-corrected chi connectivity index (χ4v) is 2.68. The summed E-state index contributed by atoms with van der Waals surface area (Å²) < 4.78 is 29.2. The maximum absolute atomic E-state index is 12.1. The summed E-state index contributed by atoms with van der Waals surface area (Å²) in [7, 11) is -4.24. The van der Waals surface area contributed by atoms with Gasteiger partial charge in [-0.3, -0.25) is 20.2 Å². The van der Waals surface area contributed by atoms with E-state index in [0.29, 0.717) is 5.56 Å². The van der Waals surface area contributed by atoms with Gasteiger partial charge in [0.25, 0.3) is 5.69 Å². The van der Waals surface area contributed by atoms with Crippen molar-refractivity contribution in [1.29, 1.82) is 0 Å². The van der Waals surface area contributed by atoms with E-state index < -0.39 is 20.0 Å². The summed E-state index contributed by atoms with van der Waals surface area (Å²) in [5.74, 6) is -0.0280. The molecule has 0 radical (unpaired) electrons. The first kappa shape index (κ1) is 17.1. The van der Waals surface area contributed by atoms with Gasteiger partial charge in [-0.05, 0) is 23.8 Å². The summed E-state index contributed by atoms with van der Waals surface area (Å²) in [6.07, 6.45) is 1.98. The molecule has 2 rings (SSSR count). The van der Waals surface area contributed by atoms with E-state index >= 15 is 0 Å². The van der Waals surface area contributed by atoms with Crippen molar-refractivity contribution in [2.45, 2.75) is 4.90 Å². The molecular weight excluding hydrogens is 340 g/mol. The number of hydrogen-bond acceptors (Lipinski definition) is 7. The molecule has 0 atom stereocenters. The first-order valence-electron chi connectivity index (χ1n) is 6.39. The molecule has 9 nitrogen and oxygen atoms in total. The fraction of sp³-hybridized carbons (Fsp3) is 0. The minimum atomic E-state index is -4.24. The number of rotatable bonds is 6.